The second-order valence-corrected chi connectivity index (χ2v) is 6.02. The molecule has 1 aromatic carbocycles. The van der Waals surface area contributed by atoms with Crippen LogP contribution < -0.4 is 4.72 Å². The third-order valence-electron chi connectivity index (χ3n) is 2.57. The number of methoxy groups -OCH3 is 2. The van der Waals surface area contributed by atoms with E-state index < -0.39 is 22.1 Å². The molecule has 0 atom stereocenters. The second kappa shape index (κ2) is 6.55. The van der Waals surface area contributed by atoms with E-state index in [4.69, 9.17) is 0 Å². The summed E-state index contributed by atoms with van der Waals surface area (Å²) in [5.74, 6) is -1.39. The Morgan fingerprint density at radius 1 is 1.10 bits per heavy atom. The molecule has 9 heteroatoms. The van der Waals surface area contributed by atoms with Crippen molar-refractivity contribution in [2.45, 2.75) is 0 Å². The van der Waals surface area contributed by atoms with E-state index in [0.29, 0.717) is 0 Å². The van der Waals surface area contributed by atoms with Crippen molar-refractivity contribution in [3.05, 3.63) is 29.3 Å². The molecule has 8 nitrogen and oxygen atoms in total. The Kier molecular flexibility index (Phi) is 5.28. The summed E-state index contributed by atoms with van der Waals surface area (Å²) in [6.45, 7) is 0. The zero-order chi connectivity index (χ0) is 16.2. The van der Waals surface area contributed by atoms with Crippen molar-refractivity contribution in [2.24, 2.45) is 0 Å². The lowest BCUT2D eigenvalue weighted by Gasteiger charge is -2.16. The number of hydrogen-bond donors (Lipinski definition) is 1. The minimum atomic E-state index is -3.84. The second-order valence-electron chi connectivity index (χ2n) is 4.13. The number of hydrogen-bond acceptors (Lipinski definition) is 6. The Morgan fingerprint density at radius 3 is 2.14 bits per heavy atom. The van der Waals surface area contributed by atoms with Crippen LogP contribution in [0.5, 0.6) is 0 Å². The van der Waals surface area contributed by atoms with Gasteiger partial charge in [-0.1, -0.05) is 0 Å². The molecule has 1 rings (SSSR count). The van der Waals surface area contributed by atoms with Crippen LogP contribution in [0.25, 0.3) is 0 Å². The molecule has 0 radical (unpaired) electrons. The van der Waals surface area contributed by atoms with Gasteiger partial charge in [0, 0.05) is 14.1 Å². The van der Waals surface area contributed by atoms with Crippen molar-refractivity contribution in [2.75, 3.05) is 33.0 Å². The number of carbonyl (C=O) groups is 2. The maximum absolute atomic E-state index is 11.9. The zero-order valence-electron chi connectivity index (χ0n) is 12.0. The third kappa shape index (κ3) is 3.92. The van der Waals surface area contributed by atoms with Crippen molar-refractivity contribution in [1.29, 1.82) is 0 Å². The molecule has 0 unspecified atom stereocenters. The van der Waals surface area contributed by atoms with Crippen LogP contribution in [-0.2, 0) is 19.7 Å². The molecule has 0 heterocycles. The highest BCUT2D eigenvalue weighted by molar-refractivity contribution is 7.90. The van der Waals surface area contributed by atoms with Gasteiger partial charge in [-0.2, -0.15) is 12.7 Å². The predicted molar refractivity (Wildman–Crippen MR) is 75.4 cm³/mol. The van der Waals surface area contributed by atoms with Crippen LogP contribution in [0.1, 0.15) is 20.7 Å². The first-order valence-electron chi connectivity index (χ1n) is 5.74. The Morgan fingerprint density at radius 2 is 1.67 bits per heavy atom. The summed E-state index contributed by atoms with van der Waals surface area (Å²) in [5.41, 5.74) is 0.00985. The minimum absolute atomic E-state index is 0.0180. The highest BCUT2D eigenvalue weighted by atomic mass is 32.2. The average Bonchev–Trinajstić information content (AvgIpc) is 2.44. The van der Waals surface area contributed by atoms with E-state index in [1.54, 1.807) is 0 Å². The van der Waals surface area contributed by atoms with Gasteiger partial charge in [0.05, 0.1) is 31.0 Å². The molecule has 0 amide bonds. The van der Waals surface area contributed by atoms with E-state index in [2.05, 4.69) is 14.2 Å². The fourth-order valence-electron chi connectivity index (χ4n) is 1.39. The summed E-state index contributed by atoms with van der Waals surface area (Å²) in [6.07, 6.45) is 0. The number of nitrogens with one attached hydrogen (secondary N) is 1. The van der Waals surface area contributed by atoms with E-state index >= 15 is 0 Å². The quantitative estimate of drug-likeness (QED) is 0.793. The summed E-state index contributed by atoms with van der Waals surface area (Å²) in [6, 6.07) is 3.83. The number of esters is 2. The first kappa shape index (κ1) is 16.9. The Labute approximate surface area is 122 Å². The molecular weight excluding hydrogens is 300 g/mol. The zero-order valence-corrected chi connectivity index (χ0v) is 12.9. The molecule has 0 bridgehead atoms. The first-order chi connectivity index (χ1) is 9.72. The lowest BCUT2D eigenvalue weighted by Crippen LogP contribution is -2.29. The van der Waals surface area contributed by atoms with Gasteiger partial charge in [-0.15, -0.1) is 0 Å². The van der Waals surface area contributed by atoms with Crippen molar-refractivity contribution >= 4 is 27.8 Å². The highest BCUT2D eigenvalue weighted by Crippen LogP contribution is 2.21. The predicted octanol–water partition coefficient (Wildman–Crippen LogP) is 0.478. The average molecular weight is 316 g/mol. The molecule has 0 saturated carbocycles. The molecule has 1 aromatic rings. The van der Waals surface area contributed by atoms with Crippen molar-refractivity contribution in [1.82, 2.24) is 4.31 Å². The van der Waals surface area contributed by atoms with Crippen LogP contribution in [0, 0.1) is 0 Å². The number of rotatable bonds is 5. The number of carbonyl (C=O) groups excluding carboxylic acids is 2. The fraction of sp³-hybridized carbons (Fsp3) is 0.333. The van der Waals surface area contributed by atoms with Crippen molar-refractivity contribution in [3.63, 3.8) is 0 Å². The summed E-state index contributed by atoms with van der Waals surface area (Å²) >= 11 is 0. The molecule has 0 aliphatic rings. The van der Waals surface area contributed by atoms with Gasteiger partial charge in [0.2, 0.25) is 0 Å². The molecule has 21 heavy (non-hydrogen) atoms. The number of ether oxygens (including phenoxy) is 2. The van der Waals surface area contributed by atoms with E-state index in [1.165, 1.54) is 46.5 Å². The lowest BCUT2D eigenvalue weighted by atomic mass is 10.1. The van der Waals surface area contributed by atoms with E-state index in [9.17, 15) is 18.0 Å². The van der Waals surface area contributed by atoms with E-state index in [0.717, 1.165) is 4.31 Å². The fourth-order valence-corrected chi connectivity index (χ4v) is 2.02. The van der Waals surface area contributed by atoms with Gasteiger partial charge >= 0.3 is 22.1 Å². The van der Waals surface area contributed by atoms with Gasteiger partial charge in [0.25, 0.3) is 0 Å². The van der Waals surface area contributed by atoms with Crippen molar-refractivity contribution in [3.8, 4) is 0 Å². The highest BCUT2D eigenvalue weighted by Gasteiger charge is 2.20. The van der Waals surface area contributed by atoms with Crippen LogP contribution in [-0.4, -0.2) is 53.0 Å². The van der Waals surface area contributed by atoms with Gasteiger partial charge in [0.15, 0.2) is 0 Å². The largest absolute Gasteiger partial charge is 0.465 e. The summed E-state index contributed by atoms with van der Waals surface area (Å²) < 4.78 is 36.0. The molecule has 1 N–H and O–H groups in total. The van der Waals surface area contributed by atoms with Crippen LogP contribution in [0.3, 0.4) is 0 Å². The Balaban J connectivity index is 3.36. The molecule has 0 aliphatic carbocycles. The molecule has 0 saturated heterocycles. The maximum atomic E-state index is 11.9. The number of benzene rings is 1. The number of anilines is 1. The van der Waals surface area contributed by atoms with Gasteiger partial charge in [-0.05, 0) is 18.2 Å². The molecule has 116 valence electrons. The summed E-state index contributed by atoms with van der Waals surface area (Å²) in [7, 11) is 1.17. The van der Waals surface area contributed by atoms with Crippen molar-refractivity contribution < 1.29 is 27.5 Å². The van der Waals surface area contributed by atoms with Gasteiger partial charge < -0.3 is 9.47 Å². The van der Waals surface area contributed by atoms with Gasteiger partial charge in [-0.25, -0.2) is 9.59 Å². The van der Waals surface area contributed by atoms with Gasteiger partial charge in [0.1, 0.15) is 0 Å². The van der Waals surface area contributed by atoms with Crippen LogP contribution in [0.15, 0.2) is 18.2 Å². The smallest absolute Gasteiger partial charge is 0.339 e. The number of nitrogens with zero attached hydrogens (tertiary/aromatic N) is 1. The Bertz CT molecular complexity index is 654. The summed E-state index contributed by atoms with van der Waals surface area (Å²) in [4.78, 5) is 23.1. The molecule has 0 aromatic heterocycles. The molecule has 0 aliphatic heterocycles. The third-order valence-corrected chi connectivity index (χ3v) is 4.00. The molecular formula is C12H16N2O6S. The molecule has 0 spiro atoms. The van der Waals surface area contributed by atoms with Crippen LogP contribution in [0.2, 0.25) is 0 Å². The SMILES string of the molecule is COC(=O)c1ccc(C(=O)OC)c(NS(=O)(=O)N(C)C)c1. The Hall–Kier alpha value is -2.13. The van der Waals surface area contributed by atoms with Gasteiger partial charge in [-0.3, -0.25) is 4.72 Å². The van der Waals surface area contributed by atoms with Crippen LogP contribution >= 0.6 is 0 Å². The maximum Gasteiger partial charge on any atom is 0.339 e. The standard InChI is InChI=1S/C12H16N2O6S/c1-14(2)21(17,18)13-10-7-8(11(15)19-3)5-6-9(10)12(16)20-4/h5-7,13H,1-4H3. The normalized spacial score (nSPS) is 11.1. The minimum Gasteiger partial charge on any atom is -0.465 e. The lowest BCUT2D eigenvalue weighted by molar-refractivity contribution is 0.0587. The van der Waals surface area contributed by atoms with E-state index in [1.807, 2.05) is 0 Å². The van der Waals surface area contributed by atoms with E-state index in [-0.39, 0.29) is 16.8 Å². The first-order valence-corrected chi connectivity index (χ1v) is 7.18. The van der Waals surface area contributed by atoms with Crippen LogP contribution in [0.4, 0.5) is 5.69 Å². The topological polar surface area (TPSA) is 102 Å². The summed E-state index contributed by atoms with van der Waals surface area (Å²) in [5, 5.41) is 0. The monoisotopic (exact) mass is 316 g/mol. The molecule has 0 fully saturated rings.